The lowest BCUT2D eigenvalue weighted by molar-refractivity contribution is -0.135. The predicted octanol–water partition coefficient (Wildman–Crippen LogP) is 2.83. The zero-order chi connectivity index (χ0) is 12.8. The van der Waals surface area contributed by atoms with Crippen LogP contribution in [0.3, 0.4) is 0 Å². The first-order valence-corrected chi connectivity index (χ1v) is 6.10. The normalized spacial score (nSPS) is 36.5. The third kappa shape index (κ3) is 1.36. The second kappa shape index (κ2) is 3.60. The molecule has 0 radical (unpaired) electrons. The molecule has 2 atom stereocenters. The molecule has 0 N–H and O–H groups in total. The van der Waals surface area contributed by atoms with E-state index in [1.165, 1.54) is 13.5 Å². The van der Waals surface area contributed by atoms with E-state index in [9.17, 15) is 10.1 Å². The van der Waals surface area contributed by atoms with E-state index in [0.717, 1.165) is 18.4 Å². The van der Waals surface area contributed by atoms with Crippen LogP contribution in [0.5, 0.6) is 0 Å². The first-order chi connectivity index (χ1) is 7.88. The number of methoxy groups -OCH3 is 1. The number of nitriles is 1. The number of nitrogens with zero attached hydrogens (tertiary/aromatic N) is 1. The van der Waals surface area contributed by atoms with Gasteiger partial charge in [0.2, 0.25) is 0 Å². The van der Waals surface area contributed by atoms with Crippen molar-refractivity contribution >= 4 is 5.97 Å². The number of carbonyl (C=O) groups is 1. The van der Waals surface area contributed by atoms with Crippen molar-refractivity contribution in [2.75, 3.05) is 7.11 Å². The molecule has 3 nitrogen and oxygen atoms in total. The summed E-state index contributed by atoms with van der Waals surface area (Å²) in [6, 6.07) is 2.05. The van der Waals surface area contributed by atoms with Gasteiger partial charge >= 0.3 is 5.97 Å². The number of ether oxygens (including phenoxy) is 1. The molecule has 92 valence electrons. The Bertz CT molecular complexity index is 442. The Labute approximate surface area is 102 Å². The van der Waals surface area contributed by atoms with Gasteiger partial charge in [-0.15, -0.1) is 0 Å². The van der Waals surface area contributed by atoms with Gasteiger partial charge in [-0.2, -0.15) is 5.26 Å². The molecular weight excluding hydrogens is 214 g/mol. The van der Waals surface area contributed by atoms with Crippen molar-refractivity contribution in [1.29, 1.82) is 5.26 Å². The van der Waals surface area contributed by atoms with E-state index in [4.69, 9.17) is 4.74 Å². The topological polar surface area (TPSA) is 50.1 Å². The van der Waals surface area contributed by atoms with Crippen LogP contribution in [0, 0.1) is 28.1 Å². The number of esters is 1. The van der Waals surface area contributed by atoms with E-state index in [1.807, 2.05) is 6.07 Å². The SMILES string of the molecule is COC(=O)/C(C#N)=C1/C[C@@H]2CC[C@@]1(C)C2(C)C. The minimum Gasteiger partial charge on any atom is -0.465 e. The third-order valence-electron chi connectivity index (χ3n) is 5.36. The van der Waals surface area contributed by atoms with Gasteiger partial charge in [0.25, 0.3) is 0 Å². The molecule has 0 aliphatic heterocycles. The van der Waals surface area contributed by atoms with Crippen molar-refractivity contribution in [1.82, 2.24) is 0 Å². The van der Waals surface area contributed by atoms with Crippen LogP contribution in [0.15, 0.2) is 11.1 Å². The molecule has 2 aliphatic rings. The first kappa shape index (κ1) is 12.2. The van der Waals surface area contributed by atoms with Crippen molar-refractivity contribution in [2.24, 2.45) is 16.7 Å². The number of fused-ring (bicyclic) bond motifs is 2. The highest BCUT2D eigenvalue weighted by atomic mass is 16.5. The Morgan fingerprint density at radius 1 is 1.47 bits per heavy atom. The summed E-state index contributed by atoms with van der Waals surface area (Å²) in [5.74, 6) is 0.114. The first-order valence-electron chi connectivity index (χ1n) is 6.10. The summed E-state index contributed by atoms with van der Waals surface area (Å²) in [6.07, 6.45) is 3.15. The van der Waals surface area contributed by atoms with Crippen molar-refractivity contribution in [3.05, 3.63) is 11.1 Å². The number of rotatable bonds is 1. The van der Waals surface area contributed by atoms with E-state index in [0.29, 0.717) is 5.92 Å². The highest BCUT2D eigenvalue weighted by Crippen LogP contribution is 2.68. The van der Waals surface area contributed by atoms with Gasteiger partial charge in [-0.3, -0.25) is 0 Å². The van der Waals surface area contributed by atoms with Gasteiger partial charge in [-0.05, 0) is 41.6 Å². The predicted molar refractivity (Wildman–Crippen MR) is 63.9 cm³/mol. The molecule has 2 rings (SSSR count). The fraction of sp³-hybridized carbons (Fsp3) is 0.714. The van der Waals surface area contributed by atoms with Gasteiger partial charge in [0.15, 0.2) is 0 Å². The van der Waals surface area contributed by atoms with Gasteiger partial charge in [-0.25, -0.2) is 4.79 Å². The average molecular weight is 233 g/mol. The summed E-state index contributed by atoms with van der Waals surface area (Å²) in [7, 11) is 1.33. The zero-order valence-corrected chi connectivity index (χ0v) is 11.0. The van der Waals surface area contributed by atoms with Crippen LogP contribution in [0.2, 0.25) is 0 Å². The van der Waals surface area contributed by atoms with Gasteiger partial charge in [-0.1, -0.05) is 20.8 Å². The third-order valence-corrected chi connectivity index (χ3v) is 5.36. The summed E-state index contributed by atoms with van der Waals surface area (Å²) >= 11 is 0. The molecule has 0 aromatic rings. The largest absolute Gasteiger partial charge is 0.465 e. The number of allylic oxidation sites excluding steroid dienone is 1. The molecule has 2 bridgehead atoms. The molecule has 0 aromatic heterocycles. The molecule has 0 saturated heterocycles. The Kier molecular flexibility index (Phi) is 2.57. The number of hydrogen-bond donors (Lipinski definition) is 0. The minimum absolute atomic E-state index is 0.0169. The molecule has 2 aliphatic carbocycles. The van der Waals surface area contributed by atoms with Gasteiger partial charge in [0, 0.05) is 0 Å². The van der Waals surface area contributed by atoms with Crippen molar-refractivity contribution < 1.29 is 9.53 Å². The molecule has 2 saturated carbocycles. The smallest absolute Gasteiger partial charge is 0.348 e. The Hall–Kier alpha value is -1.30. The second-order valence-electron chi connectivity index (χ2n) is 5.95. The summed E-state index contributed by atoms with van der Waals surface area (Å²) in [6.45, 7) is 6.70. The summed E-state index contributed by atoms with van der Waals surface area (Å²) in [5.41, 5.74) is 1.42. The van der Waals surface area contributed by atoms with Crippen LogP contribution >= 0.6 is 0 Å². The maximum absolute atomic E-state index is 11.7. The average Bonchev–Trinajstić information content (AvgIpc) is 2.62. The van der Waals surface area contributed by atoms with E-state index >= 15 is 0 Å². The Morgan fingerprint density at radius 3 is 2.47 bits per heavy atom. The highest BCUT2D eigenvalue weighted by Gasteiger charge is 2.60. The van der Waals surface area contributed by atoms with E-state index < -0.39 is 5.97 Å². The van der Waals surface area contributed by atoms with Crippen molar-refractivity contribution in [3.63, 3.8) is 0 Å². The van der Waals surface area contributed by atoms with Crippen LogP contribution in [0.1, 0.15) is 40.0 Å². The quantitative estimate of drug-likeness (QED) is 0.397. The summed E-state index contributed by atoms with van der Waals surface area (Å²) in [5, 5.41) is 9.19. The molecular formula is C14H19NO2. The molecule has 0 spiro atoms. The summed E-state index contributed by atoms with van der Waals surface area (Å²) < 4.78 is 4.72. The standard InChI is InChI=1S/C14H19NO2/c1-13(2)9-5-6-14(13,3)11(7-9)10(8-15)12(16)17-4/h9H,5-7H2,1-4H3/b11-10-/t9-,14+/m0/s1. The highest BCUT2D eigenvalue weighted by molar-refractivity contribution is 5.94. The fourth-order valence-electron chi connectivity index (χ4n) is 3.68. The zero-order valence-electron chi connectivity index (χ0n) is 11.0. The van der Waals surface area contributed by atoms with Gasteiger partial charge in [0.1, 0.15) is 11.6 Å². The monoisotopic (exact) mass is 233 g/mol. The lowest BCUT2D eigenvalue weighted by Gasteiger charge is -2.35. The summed E-state index contributed by atoms with van der Waals surface area (Å²) in [4.78, 5) is 11.7. The van der Waals surface area contributed by atoms with Gasteiger partial charge < -0.3 is 4.74 Å². The van der Waals surface area contributed by atoms with Crippen LogP contribution in [-0.2, 0) is 9.53 Å². The van der Waals surface area contributed by atoms with E-state index in [1.54, 1.807) is 0 Å². The molecule has 0 amide bonds. The van der Waals surface area contributed by atoms with Crippen LogP contribution in [0.4, 0.5) is 0 Å². The molecule has 0 heterocycles. The van der Waals surface area contributed by atoms with Crippen molar-refractivity contribution in [2.45, 2.75) is 40.0 Å². The second-order valence-corrected chi connectivity index (χ2v) is 5.95. The maximum atomic E-state index is 11.7. The number of hydrogen-bond acceptors (Lipinski definition) is 3. The number of carbonyl (C=O) groups excluding carboxylic acids is 1. The lowest BCUT2D eigenvalue weighted by atomic mass is 9.68. The van der Waals surface area contributed by atoms with E-state index in [2.05, 4.69) is 20.8 Å². The van der Waals surface area contributed by atoms with Crippen LogP contribution < -0.4 is 0 Å². The molecule has 3 heteroatoms. The van der Waals surface area contributed by atoms with Crippen LogP contribution in [0.25, 0.3) is 0 Å². The molecule has 17 heavy (non-hydrogen) atoms. The molecule has 0 unspecified atom stereocenters. The lowest BCUT2D eigenvalue weighted by Crippen LogP contribution is -2.29. The Morgan fingerprint density at radius 2 is 2.12 bits per heavy atom. The molecule has 2 fully saturated rings. The minimum atomic E-state index is -0.480. The fourth-order valence-corrected chi connectivity index (χ4v) is 3.68. The Balaban J connectivity index is 2.54. The van der Waals surface area contributed by atoms with Crippen LogP contribution in [-0.4, -0.2) is 13.1 Å². The van der Waals surface area contributed by atoms with Crippen molar-refractivity contribution in [3.8, 4) is 6.07 Å². The maximum Gasteiger partial charge on any atom is 0.348 e. The van der Waals surface area contributed by atoms with Gasteiger partial charge in [0.05, 0.1) is 7.11 Å². The molecule has 0 aromatic carbocycles. The van der Waals surface area contributed by atoms with E-state index in [-0.39, 0.29) is 16.4 Å².